The molecule has 1 aromatic rings. The lowest BCUT2D eigenvalue weighted by Crippen LogP contribution is -2.11. The predicted octanol–water partition coefficient (Wildman–Crippen LogP) is 3.72. The molecule has 1 unspecified atom stereocenters. The molecule has 0 amide bonds. The van der Waals surface area contributed by atoms with E-state index in [2.05, 4.69) is 0 Å². The molecule has 1 rings (SSSR count). The lowest BCUT2D eigenvalue weighted by Gasteiger charge is -2.08. The van der Waals surface area contributed by atoms with Crippen LogP contribution in [-0.4, -0.2) is 5.78 Å². The molecule has 1 aromatic carbocycles. The Bertz CT molecular complexity index is 445. The van der Waals surface area contributed by atoms with Gasteiger partial charge in [0.2, 0.25) is 0 Å². The van der Waals surface area contributed by atoms with Crippen molar-refractivity contribution in [3.8, 4) is 6.07 Å². The molecule has 0 saturated heterocycles. The summed E-state index contributed by atoms with van der Waals surface area (Å²) >= 11 is 0. The fourth-order valence-corrected chi connectivity index (χ4v) is 1.77. The zero-order valence-electron chi connectivity index (χ0n) is 10.2. The summed E-state index contributed by atoms with van der Waals surface area (Å²) in [5.41, 5.74) is 0.0940. The lowest BCUT2D eigenvalue weighted by atomic mass is 9.93. The van der Waals surface area contributed by atoms with E-state index in [-0.39, 0.29) is 17.8 Å². The molecule has 2 nitrogen and oxygen atoms in total. The summed E-state index contributed by atoms with van der Waals surface area (Å²) < 4.78 is 26.1. The van der Waals surface area contributed by atoms with Crippen LogP contribution in [0.5, 0.6) is 0 Å². The summed E-state index contributed by atoms with van der Waals surface area (Å²) in [6.07, 6.45) is 2.84. The van der Waals surface area contributed by atoms with Crippen molar-refractivity contribution >= 4 is 5.78 Å². The minimum Gasteiger partial charge on any atom is -0.298 e. The smallest absolute Gasteiger partial charge is 0.154 e. The summed E-state index contributed by atoms with van der Waals surface area (Å²) in [7, 11) is 0. The van der Waals surface area contributed by atoms with Gasteiger partial charge in [-0.2, -0.15) is 5.26 Å². The average Bonchev–Trinajstić information content (AvgIpc) is 2.29. The molecule has 1 atom stereocenters. The van der Waals surface area contributed by atoms with Gasteiger partial charge in [0.25, 0.3) is 0 Å². The summed E-state index contributed by atoms with van der Waals surface area (Å²) in [4.78, 5) is 11.8. The maximum Gasteiger partial charge on any atom is 0.154 e. The van der Waals surface area contributed by atoms with E-state index in [1.54, 1.807) is 0 Å². The van der Waals surface area contributed by atoms with Gasteiger partial charge < -0.3 is 0 Å². The Morgan fingerprint density at radius 2 is 1.89 bits per heavy atom. The quantitative estimate of drug-likeness (QED) is 0.723. The molecule has 0 aliphatic rings. The normalized spacial score (nSPS) is 11.9. The first-order chi connectivity index (χ1) is 8.58. The first kappa shape index (κ1) is 14.3. The molecule has 0 fully saturated rings. The topological polar surface area (TPSA) is 40.9 Å². The molecule has 0 aromatic heterocycles. The number of carbonyl (C=O) groups is 1. The van der Waals surface area contributed by atoms with E-state index in [1.807, 2.05) is 13.0 Å². The lowest BCUT2D eigenvalue weighted by molar-refractivity contribution is -0.119. The number of carbonyl (C=O) groups excluding carboxylic acids is 1. The van der Waals surface area contributed by atoms with Crippen molar-refractivity contribution in [3.05, 3.63) is 35.4 Å². The predicted molar refractivity (Wildman–Crippen MR) is 63.9 cm³/mol. The van der Waals surface area contributed by atoms with Gasteiger partial charge in [-0.3, -0.25) is 4.79 Å². The third kappa shape index (κ3) is 3.92. The number of unbranched alkanes of at least 4 members (excludes halogenated alkanes) is 2. The number of hydrogen-bond acceptors (Lipinski definition) is 2. The van der Waals surface area contributed by atoms with Crippen LogP contribution in [0, 0.1) is 23.0 Å². The molecular weight excluding hydrogens is 236 g/mol. The molecule has 96 valence electrons. The van der Waals surface area contributed by atoms with Gasteiger partial charge in [-0.1, -0.05) is 19.8 Å². The Hall–Kier alpha value is -1.76. The summed E-state index contributed by atoms with van der Waals surface area (Å²) in [6, 6.07) is 4.61. The fraction of sp³-hybridized carbons (Fsp3) is 0.429. The molecular formula is C14H15F2NO. The number of Topliss-reactive ketones (excluding diaryl/α,β-unsaturated/α-hetero) is 1. The number of ketones is 1. The fourth-order valence-electron chi connectivity index (χ4n) is 1.77. The highest BCUT2D eigenvalue weighted by Crippen LogP contribution is 2.21. The van der Waals surface area contributed by atoms with Gasteiger partial charge >= 0.3 is 0 Å². The summed E-state index contributed by atoms with van der Waals surface area (Å²) in [5.74, 6) is -2.90. The minimum atomic E-state index is -1.08. The Kier molecular flexibility index (Phi) is 5.44. The third-order valence-corrected chi connectivity index (χ3v) is 2.70. The van der Waals surface area contributed by atoms with Crippen LogP contribution >= 0.6 is 0 Å². The Morgan fingerprint density at radius 3 is 2.39 bits per heavy atom. The van der Waals surface area contributed by atoms with Crippen molar-refractivity contribution in [3.63, 3.8) is 0 Å². The van der Waals surface area contributed by atoms with Crippen molar-refractivity contribution in [2.45, 2.75) is 38.5 Å². The van der Waals surface area contributed by atoms with Gasteiger partial charge in [0, 0.05) is 12.5 Å². The monoisotopic (exact) mass is 251 g/mol. The minimum absolute atomic E-state index is 0.0940. The molecule has 4 heteroatoms. The highest BCUT2D eigenvalue weighted by atomic mass is 19.1. The number of benzene rings is 1. The van der Waals surface area contributed by atoms with Gasteiger partial charge in [0.15, 0.2) is 5.78 Å². The van der Waals surface area contributed by atoms with E-state index in [9.17, 15) is 13.6 Å². The van der Waals surface area contributed by atoms with E-state index < -0.39 is 17.6 Å². The van der Waals surface area contributed by atoms with Crippen molar-refractivity contribution in [2.75, 3.05) is 0 Å². The molecule has 0 aliphatic heterocycles. The van der Waals surface area contributed by atoms with Gasteiger partial charge in [0.1, 0.15) is 17.6 Å². The third-order valence-electron chi connectivity index (χ3n) is 2.70. The highest BCUT2D eigenvalue weighted by molar-refractivity contribution is 5.88. The van der Waals surface area contributed by atoms with Crippen molar-refractivity contribution < 1.29 is 13.6 Å². The summed E-state index contributed by atoms with van der Waals surface area (Å²) in [5, 5.41) is 8.97. The van der Waals surface area contributed by atoms with Crippen LogP contribution in [0.25, 0.3) is 0 Å². The zero-order chi connectivity index (χ0) is 13.5. The van der Waals surface area contributed by atoms with Gasteiger partial charge in [0.05, 0.1) is 6.07 Å². The number of nitriles is 1. The van der Waals surface area contributed by atoms with Crippen LogP contribution in [0.1, 0.15) is 44.1 Å². The second kappa shape index (κ2) is 6.85. The first-order valence-electron chi connectivity index (χ1n) is 5.96. The summed E-state index contributed by atoms with van der Waals surface area (Å²) in [6.45, 7) is 2.01. The van der Waals surface area contributed by atoms with Crippen LogP contribution in [-0.2, 0) is 4.79 Å². The van der Waals surface area contributed by atoms with Crippen molar-refractivity contribution in [1.29, 1.82) is 5.26 Å². The average molecular weight is 251 g/mol. The van der Waals surface area contributed by atoms with Crippen LogP contribution in [0.3, 0.4) is 0 Å². The zero-order valence-corrected chi connectivity index (χ0v) is 10.2. The molecule has 0 saturated carbocycles. The van der Waals surface area contributed by atoms with Crippen LogP contribution in [0.4, 0.5) is 8.78 Å². The highest BCUT2D eigenvalue weighted by Gasteiger charge is 2.20. The largest absolute Gasteiger partial charge is 0.298 e. The van der Waals surface area contributed by atoms with Crippen LogP contribution in [0.2, 0.25) is 0 Å². The Morgan fingerprint density at radius 1 is 1.28 bits per heavy atom. The van der Waals surface area contributed by atoms with Crippen LogP contribution in [0.15, 0.2) is 18.2 Å². The maximum atomic E-state index is 13.0. The number of nitrogens with zero attached hydrogens (tertiary/aromatic N) is 1. The van der Waals surface area contributed by atoms with Crippen LogP contribution < -0.4 is 0 Å². The molecule has 0 N–H and O–H groups in total. The second-order valence-electron chi connectivity index (χ2n) is 4.19. The SMILES string of the molecule is CCCCCC(=O)C(C#N)c1cc(F)cc(F)c1. The van der Waals surface area contributed by atoms with E-state index in [0.29, 0.717) is 6.42 Å². The first-order valence-corrected chi connectivity index (χ1v) is 5.96. The van der Waals surface area contributed by atoms with Gasteiger partial charge in [-0.25, -0.2) is 8.78 Å². The maximum absolute atomic E-state index is 13.0. The van der Waals surface area contributed by atoms with E-state index in [0.717, 1.165) is 31.0 Å². The molecule has 0 spiro atoms. The van der Waals surface area contributed by atoms with Gasteiger partial charge in [-0.15, -0.1) is 0 Å². The van der Waals surface area contributed by atoms with E-state index >= 15 is 0 Å². The van der Waals surface area contributed by atoms with E-state index in [1.165, 1.54) is 0 Å². The van der Waals surface area contributed by atoms with E-state index in [4.69, 9.17) is 5.26 Å². The number of rotatable bonds is 6. The molecule has 18 heavy (non-hydrogen) atoms. The Labute approximate surface area is 105 Å². The van der Waals surface area contributed by atoms with Crippen molar-refractivity contribution in [2.24, 2.45) is 0 Å². The molecule has 0 aliphatic carbocycles. The number of halogens is 2. The second-order valence-corrected chi connectivity index (χ2v) is 4.19. The molecule has 0 radical (unpaired) electrons. The standard InChI is InChI=1S/C14H15F2NO/c1-2-3-4-5-14(18)13(9-17)10-6-11(15)8-12(16)7-10/h6-8,13H,2-5H2,1H3. The number of hydrogen-bond donors (Lipinski definition) is 0. The van der Waals surface area contributed by atoms with Gasteiger partial charge in [-0.05, 0) is 24.1 Å². The molecule has 0 bridgehead atoms. The van der Waals surface area contributed by atoms with Crippen molar-refractivity contribution in [1.82, 2.24) is 0 Å². The molecule has 0 heterocycles. The Balaban J connectivity index is 2.83.